The summed E-state index contributed by atoms with van der Waals surface area (Å²) in [5.41, 5.74) is 8.69. The van der Waals surface area contributed by atoms with E-state index < -0.39 is 0 Å². The molecular weight excluding hydrogens is 268 g/mol. The number of hydrogen-bond donors (Lipinski definition) is 2. The lowest BCUT2D eigenvalue weighted by Crippen LogP contribution is -2.06. The highest BCUT2D eigenvalue weighted by molar-refractivity contribution is 5.91. The molecule has 0 radical (unpaired) electrons. The van der Waals surface area contributed by atoms with Crippen molar-refractivity contribution in [1.82, 2.24) is 0 Å². The van der Waals surface area contributed by atoms with Gasteiger partial charge < -0.3 is 20.5 Å². The first-order valence-corrected chi connectivity index (χ1v) is 6.48. The van der Waals surface area contributed by atoms with Gasteiger partial charge in [0.2, 0.25) is 0 Å². The molecule has 110 valence electrons. The van der Waals surface area contributed by atoms with Crippen LogP contribution < -0.4 is 15.8 Å². The minimum atomic E-state index is -0.389. The van der Waals surface area contributed by atoms with E-state index in [1.165, 1.54) is 7.11 Å². The average molecular weight is 286 g/mol. The summed E-state index contributed by atoms with van der Waals surface area (Å²) in [5, 5.41) is 3.21. The molecule has 2 aromatic carbocycles. The Kier molecular flexibility index (Phi) is 4.66. The highest BCUT2D eigenvalue weighted by atomic mass is 16.5. The van der Waals surface area contributed by atoms with Crippen molar-refractivity contribution in [2.24, 2.45) is 0 Å². The second kappa shape index (κ2) is 6.65. The van der Waals surface area contributed by atoms with Crippen molar-refractivity contribution in [3.8, 4) is 5.75 Å². The van der Waals surface area contributed by atoms with Gasteiger partial charge in [0, 0.05) is 6.54 Å². The number of hydrogen-bond acceptors (Lipinski definition) is 5. The molecule has 0 saturated heterocycles. The van der Waals surface area contributed by atoms with Crippen LogP contribution in [0.4, 0.5) is 11.4 Å². The fraction of sp³-hybridized carbons (Fsp3) is 0.188. The van der Waals surface area contributed by atoms with E-state index in [1.54, 1.807) is 25.3 Å². The van der Waals surface area contributed by atoms with Crippen molar-refractivity contribution in [1.29, 1.82) is 0 Å². The minimum absolute atomic E-state index is 0.389. The van der Waals surface area contributed by atoms with Gasteiger partial charge in [-0.05, 0) is 35.9 Å². The van der Waals surface area contributed by atoms with Gasteiger partial charge in [0.05, 0.1) is 31.2 Å². The predicted octanol–water partition coefficient (Wildman–Crippen LogP) is 2.68. The molecule has 0 saturated carbocycles. The number of nitrogens with one attached hydrogen (secondary N) is 1. The molecule has 0 aliphatic heterocycles. The van der Waals surface area contributed by atoms with Crippen LogP contribution in [0.1, 0.15) is 15.9 Å². The van der Waals surface area contributed by atoms with Gasteiger partial charge in [0.25, 0.3) is 0 Å². The number of carbonyl (C=O) groups is 1. The molecule has 0 aromatic heterocycles. The maximum atomic E-state index is 11.5. The third-order valence-electron chi connectivity index (χ3n) is 3.09. The molecule has 5 nitrogen and oxygen atoms in total. The van der Waals surface area contributed by atoms with Crippen molar-refractivity contribution in [3.63, 3.8) is 0 Å². The summed E-state index contributed by atoms with van der Waals surface area (Å²) in [6.07, 6.45) is 0. The third kappa shape index (κ3) is 3.66. The Balaban J connectivity index is 2.13. The van der Waals surface area contributed by atoms with Crippen LogP contribution in [0, 0.1) is 0 Å². The van der Waals surface area contributed by atoms with Gasteiger partial charge in [-0.15, -0.1) is 0 Å². The van der Waals surface area contributed by atoms with E-state index in [4.69, 9.17) is 15.2 Å². The fourth-order valence-electron chi connectivity index (χ4n) is 1.93. The molecule has 0 atom stereocenters. The van der Waals surface area contributed by atoms with Crippen molar-refractivity contribution in [3.05, 3.63) is 53.6 Å². The highest BCUT2D eigenvalue weighted by Gasteiger charge is 2.08. The third-order valence-corrected chi connectivity index (χ3v) is 3.09. The molecule has 0 heterocycles. The Morgan fingerprint density at radius 1 is 1.19 bits per heavy atom. The number of esters is 1. The van der Waals surface area contributed by atoms with Crippen LogP contribution in [0.25, 0.3) is 0 Å². The number of methoxy groups -OCH3 is 2. The molecular formula is C16H18N2O3. The summed E-state index contributed by atoms with van der Waals surface area (Å²) in [6, 6.07) is 12.7. The first-order valence-electron chi connectivity index (χ1n) is 6.48. The number of anilines is 2. The molecule has 5 heteroatoms. The number of ether oxygens (including phenoxy) is 2. The minimum Gasteiger partial charge on any atom is -0.497 e. The van der Waals surface area contributed by atoms with E-state index in [9.17, 15) is 4.79 Å². The number of nitrogen functional groups attached to an aromatic ring is 1. The Labute approximate surface area is 123 Å². The van der Waals surface area contributed by atoms with Gasteiger partial charge in [0.15, 0.2) is 0 Å². The Bertz CT molecular complexity index is 641. The second-order valence-electron chi connectivity index (χ2n) is 4.50. The maximum Gasteiger partial charge on any atom is 0.337 e. The molecule has 21 heavy (non-hydrogen) atoms. The molecule has 0 bridgehead atoms. The zero-order chi connectivity index (χ0) is 15.2. The summed E-state index contributed by atoms with van der Waals surface area (Å²) in [7, 11) is 2.98. The molecule has 0 amide bonds. The summed E-state index contributed by atoms with van der Waals surface area (Å²) in [6.45, 7) is 0.575. The van der Waals surface area contributed by atoms with Gasteiger partial charge in [-0.3, -0.25) is 0 Å². The van der Waals surface area contributed by atoms with Gasteiger partial charge in [-0.25, -0.2) is 4.79 Å². The van der Waals surface area contributed by atoms with Crippen LogP contribution in [0.2, 0.25) is 0 Å². The van der Waals surface area contributed by atoms with E-state index in [-0.39, 0.29) is 5.97 Å². The Morgan fingerprint density at radius 2 is 2.00 bits per heavy atom. The van der Waals surface area contributed by atoms with Gasteiger partial charge in [0.1, 0.15) is 5.75 Å². The molecule has 0 aliphatic carbocycles. The van der Waals surface area contributed by atoms with Crippen LogP contribution in [0.3, 0.4) is 0 Å². The molecule has 0 unspecified atom stereocenters. The van der Waals surface area contributed by atoms with Crippen LogP contribution >= 0.6 is 0 Å². The molecule has 2 rings (SSSR count). The lowest BCUT2D eigenvalue weighted by Gasteiger charge is -2.11. The fourth-order valence-corrected chi connectivity index (χ4v) is 1.93. The van der Waals surface area contributed by atoms with Gasteiger partial charge in [-0.1, -0.05) is 12.1 Å². The smallest absolute Gasteiger partial charge is 0.337 e. The standard InChI is InChI=1S/C16H18N2O3/c1-20-13-5-3-4-11(8-13)10-18-15-9-12(16(19)21-2)6-7-14(15)17/h3-9,18H,10,17H2,1-2H3. The summed E-state index contributed by atoms with van der Waals surface area (Å²) in [4.78, 5) is 11.5. The molecule has 3 N–H and O–H groups in total. The monoisotopic (exact) mass is 286 g/mol. The number of rotatable bonds is 5. The van der Waals surface area contributed by atoms with E-state index in [1.807, 2.05) is 24.3 Å². The number of benzene rings is 2. The molecule has 0 spiro atoms. The lowest BCUT2D eigenvalue weighted by molar-refractivity contribution is 0.0601. The largest absolute Gasteiger partial charge is 0.497 e. The SMILES string of the molecule is COC(=O)c1ccc(N)c(NCc2cccc(OC)c2)c1. The summed E-state index contributed by atoms with van der Waals surface area (Å²) >= 11 is 0. The quantitative estimate of drug-likeness (QED) is 0.653. The number of carbonyl (C=O) groups excluding carboxylic acids is 1. The Hall–Kier alpha value is -2.69. The molecule has 0 fully saturated rings. The van der Waals surface area contributed by atoms with E-state index in [0.29, 0.717) is 23.5 Å². The van der Waals surface area contributed by atoms with Gasteiger partial charge in [-0.2, -0.15) is 0 Å². The van der Waals surface area contributed by atoms with Crippen molar-refractivity contribution >= 4 is 17.3 Å². The molecule has 0 aliphatic rings. The van der Waals surface area contributed by atoms with E-state index in [2.05, 4.69) is 5.32 Å². The van der Waals surface area contributed by atoms with Crippen LogP contribution in [-0.2, 0) is 11.3 Å². The normalized spacial score (nSPS) is 10.0. The van der Waals surface area contributed by atoms with Crippen LogP contribution in [0.5, 0.6) is 5.75 Å². The highest BCUT2D eigenvalue weighted by Crippen LogP contribution is 2.22. The summed E-state index contributed by atoms with van der Waals surface area (Å²) in [5.74, 6) is 0.407. The van der Waals surface area contributed by atoms with E-state index in [0.717, 1.165) is 11.3 Å². The first-order chi connectivity index (χ1) is 10.1. The van der Waals surface area contributed by atoms with Gasteiger partial charge >= 0.3 is 5.97 Å². The summed E-state index contributed by atoms with van der Waals surface area (Å²) < 4.78 is 9.88. The zero-order valence-electron chi connectivity index (χ0n) is 12.1. The van der Waals surface area contributed by atoms with Crippen molar-refractivity contribution in [2.75, 3.05) is 25.3 Å². The van der Waals surface area contributed by atoms with Crippen molar-refractivity contribution in [2.45, 2.75) is 6.54 Å². The number of nitrogens with two attached hydrogens (primary N) is 1. The van der Waals surface area contributed by atoms with E-state index >= 15 is 0 Å². The van der Waals surface area contributed by atoms with Crippen LogP contribution in [0.15, 0.2) is 42.5 Å². The lowest BCUT2D eigenvalue weighted by atomic mass is 10.1. The maximum absolute atomic E-state index is 11.5. The predicted molar refractivity (Wildman–Crippen MR) is 82.5 cm³/mol. The zero-order valence-corrected chi connectivity index (χ0v) is 12.1. The molecule has 2 aromatic rings. The first kappa shape index (κ1) is 14.7. The second-order valence-corrected chi connectivity index (χ2v) is 4.50. The Morgan fingerprint density at radius 3 is 2.71 bits per heavy atom. The van der Waals surface area contributed by atoms with Crippen LogP contribution in [-0.4, -0.2) is 20.2 Å². The average Bonchev–Trinajstić information content (AvgIpc) is 2.53. The van der Waals surface area contributed by atoms with Crippen molar-refractivity contribution < 1.29 is 14.3 Å². The topological polar surface area (TPSA) is 73.6 Å².